The van der Waals surface area contributed by atoms with Gasteiger partial charge in [0.25, 0.3) is 5.96 Å². The number of hydrogen-bond donors (Lipinski definition) is 4. The number of carbonyl (C=O) groups excluding carboxylic acids is 2. The maximum absolute atomic E-state index is 13.7. The van der Waals surface area contributed by atoms with Crippen LogP contribution in [0.1, 0.15) is 48.3 Å². The van der Waals surface area contributed by atoms with Gasteiger partial charge in [-0.2, -0.15) is 0 Å². The van der Waals surface area contributed by atoms with Gasteiger partial charge in [0.05, 0.1) is 13.0 Å². The van der Waals surface area contributed by atoms with Gasteiger partial charge in [-0.3, -0.25) is 9.59 Å². The number of carbonyl (C=O) groups is 2. The number of nitrogens with one attached hydrogen (secondary N) is 3. The van der Waals surface area contributed by atoms with Crippen LogP contribution in [0.2, 0.25) is 0 Å². The first-order valence-corrected chi connectivity index (χ1v) is 13.9. The average Bonchev–Trinajstić information content (AvgIpc) is 2.99. The summed E-state index contributed by atoms with van der Waals surface area (Å²) in [6, 6.07) is 25.9. The lowest BCUT2D eigenvalue weighted by atomic mass is 9.90. The van der Waals surface area contributed by atoms with Gasteiger partial charge in [0, 0.05) is 13.1 Å². The van der Waals surface area contributed by atoms with E-state index in [0.717, 1.165) is 36.1 Å². The second-order valence-electron chi connectivity index (χ2n) is 9.70. The molecule has 0 aliphatic carbocycles. The lowest BCUT2D eigenvalue weighted by Crippen LogP contribution is -2.48. The largest absolute Gasteiger partial charge is 0.497 e. The Morgan fingerprint density at radius 2 is 1.45 bits per heavy atom. The number of aryl methyl sites for hydroxylation is 1. The van der Waals surface area contributed by atoms with Crippen molar-refractivity contribution < 1.29 is 19.4 Å². The normalized spacial score (nSPS) is 11.9. The van der Waals surface area contributed by atoms with Gasteiger partial charge in [0.15, 0.2) is 5.03 Å². The van der Waals surface area contributed by atoms with E-state index in [-0.39, 0.29) is 24.3 Å². The van der Waals surface area contributed by atoms with Crippen LogP contribution in [0.3, 0.4) is 0 Å². The lowest BCUT2D eigenvalue weighted by molar-refractivity contribution is -0.485. The van der Waals surface area contributed by atoms with Gasteiger partial charge in [-0.15, -0.1) is 0 Å². The number of nitrogens with zero attached hydrogens (tertiary/aromatic N) is 2. The Bertz CT molecular complexity index is 1260. The molecule has 42 heavy (non-hydrogen) atoms. The summed E-state index contributed by atoms with van der Waals surface area (Å²) in [6.45, 7) is 0.703. The average molecular weight is 575 g/mol. The van der Waals surface area contributed by atoms with E-state index in [1.165, 1.54) is 5.56 Å². The van der Waals surface area contributed by atoms with Gasteiger partial charge in [-0.05, 0) is 60.9 Å². The number of ether oxygens (including phenoxy) is 1. The smallest absolute Gasteiger partial charge is 0.266 e. The summed E-state index contributed by atoms with van der Waals surface area (Å²) < 4.78 is 5.19. The predicted octanol–water partition coefficient (Wildman–Crippen LogP) is 3.33. The number of hydrogen-bond acceptors (Lipinski definition) is 5. The summed E-state index contributed by atoms with van der Waals surface area (Å²) >= 11 is 0. The Kier molecular flexibility index (Phi) is 12.8. The summed E-state index contributed by atoms with van der Waals surface area (Å²) in [5.41, 5.74) is 8.30. The summed E-state index contributed by atoms with van der Waals surface area (Å²) in [5, 5.41) is 21.2. The third kappa shape index (κ3) is 10.6. The van der Waals surface area contributed by atoms with Crippen LogP contribution in [0.25, 0.3) is 0 Å². The SMILES string of the molecule is COc1ccc(CCCCNC(=O)[C@H](CCCNC(N)=N[N+](=O)[O-])NC(=O)C(c2ccccc2)c2ccccc2)cc1. The summed E-state index contributed by atoms with van der Waals surface area (Å²) in [5.74, 6) is -0.707. The zero-order valence-electron chi connectivity index (χ0n) is 23.7. The third-order valence-corrected chi connectivity index (χ3v) is 6.68. The van der Waals surface area contributed by atoms with Crippen molar-refractivity contribution in [1.29, 1.82) is 0 Å². The van der Waals surface area contributed by atoms with Crippen LogP contribution in [0.4, 0.5) is 0 Å². The van der Waals surface area contributed by atoms with Gasteiger partial charge < -0.3 is 26.4 Å². The molecule has 1 atom stereocenters. The van der Waals surface area contributed by atoms with Crippen LogP contribution in [0, 0.1) is 10.1 Å². The number of rotatable bonds is 16. The molecule has 3 aromatic rings. The van der Waals surface area contributed by atoms with Crippen LogP contribution in [-0.4, -0.2) is 49.0 Å². The monoisotopic (exact) mass is 574 g/mol. The molecule has 11 nitrogen and oxygen atoms in total. The van der Waals surface area contributed by atoms with Crippen LogP contribution >= 0.6 is 0 Å². The van der Waals surface area contributed by atoms with Crippen molar-refractivity contribution in [3.63, 3.8) is 0 Å². The topological polar surface area (TPSA) is 161 Å². The summed E-state index contributed by atoms with van der Waals surface area (Å²) in [7, 11) is 1.63. The highest BCUT2D eigenvalue weighted by Gasteiger charge is 2.27. The Balaban J connectivity index is 1.63. The Hall–Kier alpha value is -4.93. The number of amides is 2. The molecule has 0 radical (unpaired) electrons. The second kappa shape index (κ2) is 17.0. The zero-order valence-corrected chi connectivity index (χ0v) is 23.7. The highest BCUT2D eigenvalue weighted by atomic mass is 16.7. The van der Waals surface area contributed by atoms with Gasteiger partial charge in [0.1, 0.15) is 16.9 Å². The van der Waals surface area contributed by atoms with Crippen LogP contribution in [0.5, 0.6) is 5.75 Å². The molecule has 0 bridgehead atoms. The number of nitrogens with two attached hydrogens (primary N) is 1. The number of nitro groups is 1. The summed E-state index contributed by atoms with van der Waals surface area (Å²) in [4.78, 5) is 37.4. The van der Waals surface area contributed by atoms with Crippen molar-refractivity contribution in [3.05, 3.63) is 112 Å². The van der Waals surface area contributed by atoms with Gasteiger partial charge >= 0.3 is 0 Å². The second-order valence-corrected chi connectivity index (χ2v) is 9.70. The molecular weight excluding hydrogens is 536 g/mol. The first kappa shape index (κ1) is 31.6. The van der Waals surface area contributed by atoms with Crippen molar-refractivity contribution in [2.45, 2.75) is 44.1 Å². The molecule has 222 valence electrons. The molecule has 2 amide bonds. The molecule has 5 N–H and O–H groups in total. The molecule has 0 aliphatic rings. The quantitative estimate of drug-likeness (QED) is 0.0671. The molecule has 0 aliphatic heterocycles. The highest BCUT2D eigenvalue weighted by Crippen LogP contribution is 2.25. The Morgan fingerprint density at radius 1 is 0.857 bits per heavy atom. The minimum absolute atomic E-state index is 0.242. The fourth-order valence-corrected chi connectivity index (χ4v) is 4.54. The molecule has 3 rings (SSSR count). The molecule has 0 fully saturated rings. The molecule has 0 saturated heterocycles. The number of guanidine groups is 1. The Morgan fingerprint density at radius 3 is 2.02 bits per heavy atom. The molecule has 0 heterocycles. The van der Waals surface area contributed by atoms with E-state index in [1.54, 1.807) is 7.11 Å². The standard InChI is InChI=1S/C31H38N6O5/c1-42-26-19-17-23(18-20-26)11-8-9-21-33-29(38)27(16-10-22-34-31(32)36-37(40)41)35-30(39)28(24-12-4-2-5-13-24)25-14-6-3-7-15-25/h2-7,12-15,17-20,27-28H,8-11,16,21-22H2,1H3,(H,33,38)(H,35,39)(H3,32,34,36)/t27-/m0/s1. The molecule has 0 aromatic heterocycles. The van der Waals surface area contributed by atoms with Crippen molar-refractivity contribution in [2.24, 2.45) is 10.8 Å². The molecule has 0 unspecified atom stereocenters. The van der Waals surface area contributed by atoms with Gasteiger partial charge in [-0.1, -0.05) is 72.8 Å². The highest BCUT2D eigenvalue weighted by molar-refractivity contribution is 5.92. The van der Waals surface area contributed by atoms with Crippen molar-refractivity contribution in [3.8, 4) is 5.75 Å². The molecular formula is C31H38N6O5. The van der Waals surface area contributed by atoms with Crippen LogP contribution < -0.4 is 26.4 Å². The molecule has 3 aromatic carbocycles. The minimum atomic E-state index is -0.888. The number of unbranched alkanes of at least 4 members (excludes halogenated alkanes) is 1. The number of benzene rings is 3. The minimum Gasteiger partial charge on any atom is -0.497 e. The summed E-state index contributed by atoms with van der Waals surface area (Å²) in [6.07, 6.45) is 3.22. The predicted molar refractivity (Wildman–Crippen MR) is 161 cm³/mol. The maximum Gasteiger partial charge on any atom is 0.266 e. The van der Waals surface area contributed by atoms with Crippen molar-refractivity contribution in [1.82, 2.24) is 16.0 Å². The van der Waals surface area contributed by atoms with E-state index >= 15 is 0 Å². The van der Waals surface area contributed by atoms with E-state index in [0.29, 0.717) is 19.4 Å². The zero-order chi connectivity index (χ0) is 30.2. The number of methoxy groups -OCH3 is 1. The first-order chi connectivity index (χ1) is 20.4. The third-order valence-electron chi connectivity index (χ3n) is 6.68. The van der Waals surface area contributed by atoms with Gasteiger partial charge in [0.2, 0.25) is 11.8 Å². The fraction of sp³-hybridized carbons (Fsp3) is 0.323. The molecule has 0 spiro atoms. The van der Waals surface area contributed by atoms with Crippen LogP contribution in [-0.2, 0) is 16.0 Å². The van der Waals surface area contributed by atoms with E-state index in [9.17, 15) is 19.7 Å². The van der Waals surface area contributed by atoms with E-state index in [2.05, 4.69) is 21.1 Å². The van der Waals surface area contributed by atoms with E-state index in [1.807, 2.05) is 84.9 Å². The molecule has 11 heteroatoms. The van der Waals surface area contributed by atoms with E-state index in [4.69, 9.17) is 10.5 Å². The first-order valence-electron chi connectivity index (χ1n) is 13.9. The maximum atomic E-state index is 13.7. The molecule has 0 saturated carbocycles. The lowest BCUT2D eigenvalue weighted by Gasteiger charge is -2.23. The van der Waals surface area contributed by atoms with Crippen molar-refractivity contribution >= 4 is 17.8 Å². The van der Waals surface area contributed by atoms with Gasteiger partial charge in [-0.25, -0.2) is 10.1 Å². The number of hydrazone groups is 1. The fourth-order valence-electron chi connectivity index (χ4n) is 4.54. The Labute approximate surface area is 245 Å². The van der Waals surface area contributed by atoms with E-state index < -0.39 is 17.0 Å². The van der Waals surface area contributed by atoms with Crippen LogP contribution in [0.15, 0.2) is 90.0 Å². The van der Waals surface area contributed by atoms with Crippen molar-refractivity contribution in [2.75, 3.05) is 20.2 Å².